The summed E-state index contributed by atoms with van der Waals surface area (Å²) in [5.74, 6) is -0.139. The highest BCUT2D eigenvalue weighted by Gasteiger charge is 2.29. The molecule has 10 heavy (non-hydrogen) atoms. The number of rotatable bonds is 2. The van der Waals surface area contributed by atoms with Gasteiger partial charge in [-0.25, -0.2) is 8.78 Å². The maximum atomic E-state index is 11.8. The topological polar surface area (TPSA) is 20.2 Å². The minimum absolute atomic E-state index is 0.139. The summed E-state index contributed by atoms with van der Waals surface area (Å²) in [6.45, 7) is 0. The van der Waals surface area contributed by atoms with Crippen LogP contribution in [-0.2, 0) is 0 Å². The molecular formula is C7H12F2O. The van der Waals surface area contributed by atoms with Crippen LogP contribution in [0.2, 0.25) is 0 Å². The normalized spacial score (nSPS) is 24.0. The van der Waals surface area contributed by atoms with E-state index in [1.54, 1.807) is 0 Å². The van der Waals surface area contributed by atoms with Crippen molar-refractivity contribution >= 4 is 0 Å². The van der Waals surface area contributed by atoms with Crippen LogP contribution in [-0.4, -0.2) is 17.6 Å². The zero-order valence-electron chi connectivity index (χ0n) is 5.76. The molecule has 1 nitrogen and oxygen atoms in total. The molecule has 3 heteroatoms. The summed E-state index contributed by atoms with van der Waals surface area (Å²) in [5, 5.41) is 8.88. The standard InChI is InChI=1S/C7H12F2O/c8-7(9)6(10)5-3-1-2-4-5/h5-7,10H,1-4H2. The number of alkyl halides is 2. The van der Waals surface area contributed by atoms with Crippen molar-refractivity contribution in [3.05, 3.63) is 0 Å². The van der Waals surface area contributed by atoms with E-state index in [1.165, 1.54) is 0 Å². The lowest BCUT2D eigenvalue weighted by molar-refractivity contribution is -0.0369. The molecule has 1 aliphatic carbocycles. The first-order chi connectivity index (χ1) is 4.72. The van der Waals surface area contributed by atoms with E-state index in [-0.39, 0.29) is 5.92 Å². The molecule has 0 spiro atoms. The molecule has 1 fully saturated rings. The van der Waals surface area contributed by atoms with Crippen LogP contribution in [0.15, 0.2) is 0 Å². The Morgan fingerprint density at radius 2 is 1.70 bits per heavy atom. The van der Waals surface area contributed by atoms with E-state index in [0.717, 1.165) is 25.7 Å². The fraction of sp³-hybridized carbons (Fsp3) is 1.00. The summed E-state index contributed by atoms with van der Waals surface area (Å²) < 4.78 is 23.7. The van der Waals surface area contributed by atoms with Crippen LogP contribution >= 0.6 is 0 Å². The van der Waals surface area contributed by atoms with Crippen molar-refractivity contribution in [1.82, 2.24) is 0 Å². The van der Waals surface area contributed by atoms with Crippen LogP contribution in [0.5, 0.6) is 0 Å². The lowest BCUT2D eigenvalue weighted by Crippen LogP contribution is -2.25. The monoisotopic (exact) mass is 150 g/mol. The number of halogens is 2. The van der Waals surface area contributed by atoms with E-state index in [9.17, 15) is 8.78 Å². The Hall–Kier alpha value is -0.180. The van der Waals surface area contributed by atoms with Crippen molar-refractivity contribution in [2.24, 2.45) is 5.92 Å². The molecule has 1 rings (SSSR count). The van der Waals surface area contributed by atoms with Crippen molar-refractivity contribution in [1.29, 1.82) is 0 Å². The highest BCUT2D eigenvalue weighted by molar-refractivity contribution is 4.75. The maximum absolute atomic E-state index is 11.8. The molecule has 0 aliphatic heterocycles. The zero-order valence-corrected chi connectivity index (χ0v) is 5.76. The molecule has 0 aromatic heterocycles. The van der Waals surface area contributed by atoms with Gasteiger partial charge in [0.05, 0.1) is 0 Å². The Kier molecular flexibility index (Phi) is 2.60. The van der Waals surface area contributed by atoms with Gasteiger partial charge < -0.3 is 5.11 Å². The second kappa shape index (κ2) is 3.28. The summed E-state index contributed by atoms with van der Waals surface area (Å²) >= 11 is 0. The first kappa shape index (κ1) is 7.92. The lowest BCUT2D eigenvalue weighted by atomic mass is 10.0. The van der Waals surface area contributed by atoms with Gasteiger partial charge in [0.25, 0.3) is 6.43 Å². The molecule has 0 radical (unpaired) electrons. The fourth-order valence-electron chi connectivity index (χ4n) is 1.50. The molecule has 1 aliphatic rings. The predicted octanol–water partition coefficient (Wildman–Crippen LogP) is 1.80. The van der Waals surface area contributed by atoms with Gasteiger partial charge in [-0.3, -0.25) is 0 Å². The second-order valence-electron chi connectivity index (χ2n) is 2.87. The summed E-state index contributed by atoms with van der Waals surface area (Å²) in [7, 11) is 0. The number of aliphatic hydroxyl groups is 1. The van der Waals surface area contributed by atoms with E-state index < -0.39 is 12.5 Å². The van der Waals surface area contributed by atoms with Crippen molar-refractivity contribution in [2.45, 2.75) is 38.2 Å². The molecule has 0 heterocycles. The number of aliphatic hydroxyl groups excluding tert-OH is 1. The van der Waals surface area contributed by atoms with Crippen LogP contribution < -0.4 is 0 Å². The Morgan fingerprint density at radius 3 is 2.10 bits per heavy atom. The number of hydrogen-bond acceptors (Lipinski definition) is 1. The summed E-state index contributed by atoms with van der Waals surface area (Å²) in [4.78, 5) is 0. The molecule has 1 saturated carbocycles. The quantitative estimate of drug-likeness (QED) is 0.636. The molecular weight excluding hydrogens is 138 g/mol. The smallest absolute Gasteiger partial charge is 0.264 e. The van der Waals surface area contributed by atoms with Gasteiger partial charge >= 0.3 is 0 Å². The molecule has 0 amide bonds. The second-order valence-corrected chi connectivity index (χ2v) is 2.87. The first-order valence-electron chi connectivity index (χ1n) is 3.68. The van der Waals surface area contributed by atoms with E-state index >= 15 is 0 Å². The highest BCUT2D eigenvalue weighted by atomic mass is 19.3. The van der Waals surface area contributed by atoms with Crippen molar-refractivity contribution < 1.29 is 13.9 Å². The van der Waals surface area contributed by atoms with Crippen LogP contribution in [0.25, 0.3) is 0 Å². The third-order valence-corrected chi connectivity index (χ3v) is 2.14. The third kappa shape index (κ3) is 1.66. The first-order valence-corrected chi connectivity index (χ1v) is 3.68. The largest absolute Gasteiger partial charge is 0.387 e. The van der Waals surface area contributed by atoms with Gasteiger partial charge in [-0.15, -0.1) is 0 Å². The Labute approximate surface area is 59.0 Å². The summed E-state index contributed by atoms with van der Waals surface area (Å²) in [6.07, 6.45) is -0.398. The molecule has 0 bridgehead atoms. The van der Waals surface area contributed by atoms with Crippen molar-refractivity contribution in [3.8, 4) is 0 Å². The van der Waals surface area contributed by atoms with Gasteiger partial charge in [0, 0.05) is 0 Å². The average Bonchev–Trinajstić information content (AvgIpc) is 2.36. The average molecular weight is 150 g/mol. The molecule has 1 unspecified atom stereocenters. The zero-order chi connectivity index (χ0) is 7.56. The Balaban J connectivity index is 2.32. The van der Waals surface area contributed by atoms with Crippen LogP contribution in [0, 0.1) is 5.92 Å². The molecule has 0 aromatic carbocycles. The molecule has 60 valence electrons. The summed E-state index contributed by atoms with van der Waals surface area (Å²) in [6, 6.07) is 0. The summed E-state index contributed by atoms with van der Waals surface area (Å²) in [5.41, 5.74) is 0. The minimum atomic E-state index is -2.55. The molecule has 0 aromatic rings. The Bertz CT molecular complexity index is 99.8. The van der Waals surface area contributed by atoms with Crippen molar-refractivity contribution in [3.63, 3.8) is 0 Å². The molecule has 1 atom stereocenters. The van der Waals surface area contributed by atoms with Gasteiger partial charge in [-0.05, 0) is 18.8 Å². The molecule has 1 N–H and O–H groups in total. The number of hydrogen-bond donors (Lipinski definition) is 1. The molecule has 0 saturated heterocycles. The van der Waals surface area contributed by atoms with Crippen LogP contribution in [0.4, 0.5) is 8.78 Å². The van der Waals surface area contributed by atoms with Gasteiger partial charge in [0.15, 0.2) is 0 Å². The minimum Gasteiger partial charge on any atom is -0.387 e. The van der Waals surface area contributed by atoms with Gasteiger partial charge in [-0.1, -0.05) is 12.8 Å². The van der Waals surface area contributed by atoms with E-state index in [0.29, 0.717) is 0 Å². The third-order valence-electron chi connectivity index (χ3n) is 2.14. The van der Waals surface area contributed by atoms with Gasteiger partial charge in [0.2, 0.25) is 0 Å². The van der Waals surface area contributed by atoms with Gasteiger partial charge in [0.1, 0.15) is 6.10 Å². The van der Waals surface area contributed by atoms with Crippen molar-refractivity contribution in [2.75, 3.05) is 0 Å². The van der Waals surface area contributed by atoms with Crippen LogP contribution in [0.3, 0.4) is 0 Å². The maximum Gasteiger partial charge on any atom is 0.264 e. The van der Waals surface area contributed by atoms with E-state index in [2.05, 4.69) is 0 Å². The fourth-order valence-corrected chi connectivity index (χ4v) is 1.50. The SMILES string of the molecule is OC(C(F)F)C1CCCC1. The highest BCUT2D eigenvalue weighted by Crippen LogP contribution is 2.29. The predicted molar refractivity (Wildman–Crippen MR) is 34.0 cm³/mol. The lowest BCUT2D eigenvalue weighted by Gasteiger charge is -2.15. The van der Waals surface area contributed by atoms with Gasteiger partial charge in [-0.2, -0.15) is 0 Å². The van der Waals surface area contributed by atoms with Crippen LogP contribution in [0.1, 0.15) is 25.7 Å². The van der Waals surface area contributed by atoms with E-state index in [1.807, 2.05) is 0 Å². The van der Waals surface area contributed by atoms with E-state index in [4.69, 9.17) is 5.11 Å². The Morgan fingerprint density at radius 1 is 1.20 bits per heavy atom.